The molecular formula is C15H28N4O5S2. The van der Waals surface area contributed by atoms with Gasteiger partial charge in [-0.2, -0.15) is 25.3 Å². The Morgan fingerprint density at radius 3 is 1.85 bits per heavy atom. The first-order valence-corrected chi connectivity index (χ1v) is 9.41. The van der Waals surface area contributed by atoms with Crippen molar-refractivity contribution in [3.63, 3.8) is 0 Å². The predicted molar refractivity (Wildman–Crippen MR) is 104 cm³/mol. The average molecular weight is 409 g/mol. The Labute approximate surface area is 164 Å². The smallest absolute Gasteiger partial charge is 0.327 e. The number of nitrogens with one attached hydrogen (secondary N) is 3. The van der Waals surface area contributed by atoms with Crippen LogP contribution in [-0.2, 0) is 19.2 Å². The molecule has 0 fully saturated rings. The number of nitrogens with two attached hydrogens (primary N) is 1. The van der Waals surface area contributed by atoms with Crippen LogP contribution in [0, 0.1) is 5.92 Å². The van der Waals surface area contributed by atoms with E-state index in [9.17, 15) is 19.2 Å². The van der Waals surface area contributed by atoms with Crippen LogP contribution in [0.25, 0.3) is 0 Å². The van der Waals surface area contributed by atoms with Gasteiger partial charge in [-0.25, -0.2) is 4.79 Å². The van der Waals surface area contributed by atoms with Gasteiger partial charge in [-0.3, -0.25) is 14.4 Å². The molecule has 0 aliphatic rings. The molecule has 0 saturated carbocycles. The molecular weight excluding hydrogens is 380 g/mol. The average Bonchev–Trinajstić information content (AvgIpc) is 2.56. The number of carbonyl (C=O) groups excluding carboxylic acids is 3. The van der Waals surface area contributed by atoms with Crippen LogP contribution in [-0.4, -0.2) is 64.5 Å². The molecule has 0 heterocycles. The summed E-state index contributed by atoms with van der Waals surface area (Å²) >= 11 is 7.80. The molecule has 0 aromatic heterocycles. The second kappa shape index (κ2) is 12.0. The Morgan fingerprint density at radius 2 is 1.42 bits per heavy atom. The van der Waals surface area contributed by atoms with Crippen LogP contribution in [0.1, 0.15) is 27.2 Å². The number of hydrogen-bond acceptors (Lipinski definition) is 7. The standard InChI is InChI=1S/C15H28N4O5S2/c1-7(2)4-10(14(22)19-11(6-26)15(23)24)18-12(20)8(3)17-13(21)9(16)5-25/h7-11,25-26H,4-6,16H2,1-3H3,(H,17,21)(H,18,20)(H,19,22)(H,23,24)/t8-,9-,10-,11-/m0/s1. The number of carbonyl (C=O) groups is 4. The highest BCUT2D eigenvalue weighted by molar-refractivity contribution is 7.80. The molecule has 3 amide bonds. The molecule has 26 heavy (non-hydrogen) atoms. The Hall–Kier alpha value is -1.46. The first kappa shape index (κ1) is 24.5. The lowest BCUT2D eigenvalue weighted by Gasteiger charge is -2.24. The molecule has 6 N–H and O–H groups in total. The largest absolute Gasteiger partial charge is 0.480 e. The predicted octanol–water partition coefficient (Wildman–Crippen LogP) is -1.22. The van der Waals surface area contributed by atoms with Crippen LogP contribution in [0.2, 0.25) is 0 Å². The number of amides is 3. The zero-order valence-corrected chi connectivity index (χ0v) is 16.8. The molecule has 11 heteroatoms. The number of carboxylic acid groups (broad SMARTS) is 1. The SMILES string of the molecule is CC(C)C[C@H](NC(=O)[C@H](C)NC(=O)[C@@H](N)CS)C(=O)N[C@@H](CS)C(=O)O. The lowest BCUT2D eigenvalue weighted by Crippen LogP contribution is -2.57. The van der Waals surface area contributed by atoms with Crippen molar-refractivity contribution in [3.8, 4) is 0 Å². The van der Waals surface area contributed by atoms with E-state index in [0.717, 1.165) is 0 Å². The van der Waals surface area contributed by atoms with Crippen molar-refractivity contribution < 1.29 is 24.3 Å². The van der Waals surface area contributed by atoms with E-state index in [1.807, 2.05) is 13.8 Å². The van der Waals surface area contributed by atoms with E-state index in [1.54, 1.807) is 0 Å². The minimum Gasteiger partial charge on any atom is -0.480 e. The van der Waals surface area contributed by atoms with E-state index < -0.39 is 47.9 Å². The third kappa shape index (κ3) is 8.77. The van der Waals surface area contributed by atoms with Crippen LogP contribution in [0.5, 0.6) is 0 Å². The lowest BCUT2D eigenvalue weighted by atomic mass is 10.0. The first-order chi connectivity index (χ1) is 12.0. The molecule has 0 saturated heterocycles. The highest BCUT2D eigenvalue weighted by Crippen LogP contribution is 2.06. The van der Waals surface area contributed by atoms with Gasteiger partial charge >= 0.3 is 5.97 Å². The summed E-state index contributed by atoms with van der Waals surface area (Å²) in [7, 11) is 0. The van der Waals surface area contributed by atoms with Gasteiger partial charge in [0.2, 0.25) is 17.7 Å². The third-order valence-corrected chi connectivity index (χ3v) is 4.18. The Balaban J connectivity index is 4.98. The van der Waals surface area contributed by atoms with Gasteiger partial charge in [-0.1, -0.05) is 13.8 Å². The summed E-state index contributed by atoms with van der Waals surface area (Å²) in [6, 6.07) is -3.88. The van der Waals surface area contributed by atoms with E-state index in [1.165, 1.54) is 6.92 Å². The Morgan fingerprint density at radius 1 is 0.885 bits per heavy atom. The minimum atomic E-state index is -1.22. The fourth-order valence-electron chi connectivity index (χ4n) is 1.93. The summed E-state index contributed by atoms with van der Waals surface area (Å²) in [4.78, 5) is 47.4. The van der Waals surface area contributed by atoms with E-state index in [0.29, 0.717) is 6.42 Å². The Bertz CT molecular complexity index is 518. The highest BCUT2D eigenvalue weighted by atomic mass is 32.1. The maximum Gasteiger partial charge on any atom is 0.327 e. The van der Waals surface area contributed by atoms with Gasteiger partial charge < -0.3 is 26.8 Å². The van der Waals surface area contributed by atoms with Crippen LogP contribution < -0.4 is 21.7 Å². The number of aliphatic carboxylic acids is 1. The van der Waals surface area contributed by atoms with Gasteiger partial charge in [-0.15, -0.1) is 0 Å². The van der Waals surface area contributed by atoms with Gasteiger partial charge in [-0.05, 0) is 19.3 Å². The van der Waals surface area contributed by atoms with Crippen LogP contribution in [0.15, 0.2) is 0 Å². The molecule has 0 rings (SSSR count). The van der Waals surface area contributed by atoms with Crippen molar-refractivity contribution in [3.05, 3.63) is 0 Å². The highest BCUT2D eigenvalue weighted by Gasteiger charge is 2.28. The zero-order chi connectivity index (χ0) is 20.4. The summed E-state index contributed by atoms with van der Waals surface area (Å²) in [5.41, 5.74) is 5.53. The molecule has 0 radical (unpaired) electrons. The van der Waals surface area contributed by atoms with Crippen molar-refractivity contribution in [1.82, 2.24) is 16.0 Å². The van der Waals surface area contributed by atoms with Crippen LogP contribution in [0.3, 0.4) is 0 Å². The van der Waals surface area contributed by atoms with E-state index in [4.69, 9.17) is 10.8 Å². The number of rotatable bonds is 11. The van der Waals surface area contributed by atoms with Gasteiger partial charge in [0.05, 0.1) is 6.04 Å². The summed E-state index contributed by atoms with van der Waals surface area (Å²) in [6.45, 7) is 5.17. The monoisotopic (exact) mass is 408 g/mol. The molecule has 4 atom stereocenters. The molecule has 9 nitrogen and oxygen atoms in total. The molecule has 0 aliphatic heterocycles. The van der Waals surface area contributed by atoms with Crippen LogP contribution >= 0.6 is 25.3 Å². The second-order valence-electron chi connectivity index (χ2n) is 6.29. The molecule has 0 aromatic carbocycles. The van der Waals surface area contributed by atoms with Gasteiger partial charge in [0.15, 0.2) is 0 Å². The zero-order valence-electron chi connectivity index (χ0n) is 15.1. The molecule has 0 unspecified atom stereocenters. The van der Waals surface area contributed by atoms with E-state index in [-0.39, 0.29) is 17.4 Å². The first-order valence-electron chi connectivity index (χ1n) is 8.14. The molecule has 0 spiro atoms. The van der Waals surface area contributed by atoms with Crippen molar-refractivity contribution in [2.45, 2.75) is 51.4 Å². The third-order valence-electron chi connectivity index (χ3n) is 3.42. The number of hydrogen-bond donors (Lipinski definition) is 7. The molecule has 150 valence electrons. The summed E-state index contributed by atoms with van der Waals surface area (Å²) in [5, 5.41) is 16.3. The quantitative estimate of drug-likeness (QED) is 0.213. The molecule has 0 aliphatic carbocycles. The van der Waals surface area contributed by atoms with Crippen LogP contribution in [0.4, 0.5) is 0 Å². The van der Waals surface area contributed by atoms with Gasteiger partial charge in [0.25, 0.3) is 0 Å². The van der Waals surface area contributed by atoms with Crippen molar-refractivity contribution in [2.75, 3.05) is 11.5 Å². The molecule has 0 aromatic rings. The van der Waals surface area contributed by atoms with Crippen molar-refractivity contribution in [1.29, 1.82) is 0 Å². The number of carboxylic acids is 1. The topological polar surface area (TPSA) is 151 Å². The van der Waals surface area contributed by atoms with Crippen molar-refractivity contribution in [2.24, 2.45) is 11.7 Å². The normalized spacial score (nSPS) is 15.5. The summed E-state index contributed by atoms with van der Waals surface area (Å²) < 4.78 is 0. The molecule has 0 bridgehead atoms. The Kier molecular flexibility index (Phi) is 11.3. The lowest BCUT2D eigenvalue weighted by molar-refractivity contribution is -0.141. The minimum absolute atomic E-state index is 0.0628. The van der Waals surface area contributed by atoms with Crippen molar-refractivity contribution >= 4 is 48.9 Å². The summed E-state index contributed by atoms with van der Waals surface area (Å²) in [5.74, 6) is -2.86. The fourth-order valence-corrected chi connectivity index (χ4v) is 2.34. The maximum atomic E-state index is 12.3. The van der Waals surface area contributed by atoms with E-state index >= 15 is 0 Å². The van der Waals surface area contributed by atoms with Gasteiger partial charge in [0.1, 0.15) is 18.1 Å². The number of thiol groups is 2. The van der Waals surface area contributed by atoms with E-state index in [2.05, 4.69) is 41.2 Å². The van der Waals surface area contributed by atoms with Gasteiger partial charge in [0, 0.05) is 11.5 Å². The second-order valence-corrected chi connectivity index (χ2v) is 7.02. The summed E-state index contributed by atoms with van der Waals surface area (Å²) in [6.07, 6.45) is 0.299. The fraction of sp³-hybridized carbons (Fsp3) is 0.733. The maximum absolute atomic E-state index is 12.3.